The van der Waals surface area contributed by atoms with E-state index in [-0.39, 0.29) is 5.91 Å². The summed E-state index contributed by atoms with van der Waals surface area (Å²) in [5.41, 5.74) is 4.77. The fraction of sp³-hybridized carbons (Fsp3) is 0.217. The summed E-state index contributed by atoms with van der Waals surface area (Å²) in [5.74, 6) is -0.138. The van der Waals surface area contributed by atoms with E-state index >= 15 is 0 Å². The Hall–Kier alpha value is -3.34. The zero-order valence-electron chi connectivity index (χ0n) is 16.0. The number of rotatable bonds is 4. The summed E-state index contributed by atoms with van der Waals surface area (Å²) in [6.07, 6.45) is 3.45. The zero-order chi connectivity index (χ0) is 19.3. The molecule has 1 fully saturated rings. The van der Waals surface area contributed by atoms with Gasteiger partial charge in [0.05, 0.1) is 17.4 Å². The van der Waals surface area contributed by atoms with Gasteiger partial charge >= 0.3 is 0 Å². The molecule has 28 heavy (non-hydrogen) atoms. The number of amides is 1. The van der Waals surface area contributed by atoms with Gasteiger partial charge in [0.15, 0.2) is 0 Å². The predicted molar refractivity (Wildman–Crippen MR) is 114 cm³/mol. The third kappa shape index (κ3) is 4.14. The number of nitrogens with zero attached hydrogens (tertiary/aromatic N) is 3. The number of aromatic nitrogens is 1. The second kappa shape index (κ2) is 8.13. The van der Waals surface area contributed by atoms with Crippen molar-refractivity contribution in [2.24, 2.45) is 0 Å². The van der Waals surface area contributed by atoms with Crippen LogP contribution in [0, 0.1) is 6.92 Å². The number of piperazine rings is 1. The number of carbonyl (C=O) groups excluding carboxylic acids is 1. The van der Waals surface area contributed by atoms with Crippen molar-refractivity contribution in [1.82, 2.24) is 4.98 Å². The normalized spacial score (nSPS) is 14.0. The predicted octanol–water partition coefficient (Wildman–Crippen LogP) is 3.97. The number of carbonyl (C=O) groups is 1. The summed E-state index contributed by atoms with van der Waals surface area (Å²) < 4.78 is 0. The summed E-state index contributed by atoms with van der Waals surface area (Å²) in [6, 6.07) is 20.2. The van der Waals surface area contributed by atoms with E-state index in [9.17, 15) is 4.79 Å². The van der Waals surface area contributed by atoms with Gasteiger partial charge in [-0.15, -0.1) is 0 Å². The Labute approximate surface area is 165 Å². The molecule has 1 N–H and O–H groups in total. The van der Waals surface area contributed by atoms with Crippen molar-refractivity contribution in [3.8, 4) is 0 Å². The molecule has 1 saturated heterocycles. The van der Waals surface area contributed by atoms with Crippen molar-refractivity contribution >= 4 is 23.0 Å². The molecule has 1 aliphatic heterocycles. The quantitative estimate of drug-likeness (QED) is 0.753. The van der Waals surface area contributed by atoms with Crippen LogP contribution >= 0.6 is 0 Å². The van der Waals surface area contributed by atoms with E-state index < -0.39 is 0 Å². The number of aryl methyl sites for hydroxylation is 1. The van der Waals surface area contributed by atoms with Crippen LogP contribution in [0.1, 0.15) is 15.9 Å². The highest BCUT2D eigenvalue weighted by molar-refractivity contribution is 6.04. The van der Waals surface area contributed by atoms with Gasteiger partial charge in [0.2, 0.25) is 0 Å². The number of pyridine rings is 1. The molecule has 0 radical (unpaired) electrons. The van der Waals surface area contributed by atoms with Gasteiger partial charge in [-0.05, 0) is 37.3 Å². The van der Waals surface area contributed by atoms with Gasteiger partial charge in [-0.3, -0.25) is 9.78 Å². The van der Waals surface area contributed by atoms with Crippen molar-refractivity contribution in [3.63, 3.8) is 0 Å². The minimum Gasteiger partial charge on any atom is -0.368 e. The van der Waals surface area contributed by atoms with E-state index in [1.54, 1.807) is 6.20 Å². The van der Waals surface area contributed by atoms with Gasteiger partial charge in [0.1, 0.15) is 0 Å². The lowest BCUT2D eigenvalue weighted by atomic mass is 10.2. The number of hydrogen-bond acceptors (Lipinski definition) is 4. The Morgan fingerprint density at radius 2 is 1.50 bits per heavy atom. The molecule has 2 heterocycles. The maximum Gasteiger partial charge on any atom is 0.257 e. The van der Waals surface area contributed by atoms with Crippen LogP contribution in [0.2, 0.25) is 0 Å². The Balaban J connectivity index is 1.41. The summed E-state index contributed by atoms with van der Waals surface area (Å²) >= 11 is 0. The molecule has 1 aromatic heterocycles. The van der Waals surface area contributed by atoms with Gasteiger partial charge in [-0.25, -0.2) is 0 Å². The Morgan fingerprint density at radius 3 is 2.18 bits per heavy atom. The highest BCUT2D eigenvalue weighted by Gasteiger charge is 2.18. The van der Waals surface area contributed by atoms with Crippen molar-refractivity contribution in [3.05, 3.63) is 84.2 Å². The van der Waals surface area contributed by atoms with Gasteiger partial charge in [0, 0.05) is 43.8 Å². The van der Waals surface area contributed by atoms with Crippen LogP contribution in [0.15, 0.2) is 73.1 Å². The molecule has 5 heteroatoms. The topological polar surface area (TPSA) is 48.5 Å². The summed E-state index contributed by atoms with van der Waals surface area (Å²) in [7, 11) is 0. The first-order chi connectivity index (χ1) is 13.7. The van der Waals surface area contributed by atoms with E-state index in [0.717, 1.165) is 43.1 Å². The lowest BCUT2D eigenvalue weighted by Gasteiger charge is -2.37. The Kier molecular flexibility index (Phi) is 5.24. The van der Waals surface area contributed by atoms with E-state index in [2.05, 4.69) is 44.4 Å². The van der Waals surface area contributed by atoms with E-state index in [0.29, 0.717) is 5.56 Å². The van der Waals surface area contributed by atoms with Crippen molar-refractivity contribution < 1.29 is 4.79 Å². The van der Waals surface area contributed by atoms with Crippen LogP contribution in [0.25, 0.3) is 0 Å². The van der Waals surface area contributed by atoms with Gasteiger partial charge in [-0.2, -0.15) is 0 Å². The van der Waals surface area contributed by atoms with Gasteiger partial charge < -0.3 is 15.1 Å². The highest BCUT2D eigenvalue weighted by Crippen LogP contribution is 2.21. The number of para-hydroxylation sites is 1. The highest BCUT2D eigenvalue weighted by atomic mass is 16.1. The van der Waals surface area contributed by atoms with E-state index in [1.807, 2.05) is 49.5 Å². The van der Waals surface area contributed by atoms with Crippen LogP contribution in [-0.4, -0.2) is 37.1 Å². The first-order valence-electron chi connectivity index (χ1n) is 9.57. The van der Waals surface area contributed by atoms with Crippen LogP contribution in [0.4, 0.5) is 17.1 Å². The first kappa shape index (κ1) is 18.0. The standard InChI is InChI=1S/C23H24N4O/c1-18-7-9-20(10-8-18)25-23(28)19-15-22(17-24-16-19)27-13-11-26(12-14-27)21-5-3-2-4-6-21/h2-10,15-17H,11-14H2,1H3,(H,25,28). The molecule has 142 valence electrons. The molecule has 0 bridgehead atoms. The molecule has 0 spiro atoms. The first-order valence-corrected chi connectivity index (χ1v) is 9.57. The molecule has 1 aliphatic rings. The summed E-state index contributed by atoms with van der Waals surface area (Å²) in [5, 5.41) is 2.94. The second-order valence-corrected chi connectivity index (χ2v) is 7.06. The van der Waals surface area contributed by atoms with E-state index in [4.69, 9.17) is 0 Å². The number of anilines is 3. The number of benzene rings is 2. The Morgan fingerprint density at radius 1 is 0.857 bits per heavy atom. The summed E-state index contributed by atoms with van der Waals surface area (Å²) in [4.78, 5) is 21.6. The molecule has 2 aromatic carbocycles. The van der Waals surface area contributed by atoms with Crippen molar-refractivity contribution in [2.75, 3.05) is 41.3 Å². The fourth-order valence-corrected chi connectivity index (χ4v) is 3.43. The van der Waals surface area contributed by atoms with Crippen molar-refractivity contribution in [1.29, 1.82) is 0 Å². The van der Waals surface area contributed by atoms with Gasteiger partial charge in [0.25, 0.3) is 5.91 Å². The molecule has 0 unspecified atom stereocenters. The van der Waals surface area contributed by atoms with Crippen molar-refractivity contribution in [2.45, 2.75) is 6.92 Å². The average Bonchev–Trinajstić information content (AvgIpc) is 2.76. The minimum absolute atomic E-state index is 0.138. The third-order valence-electron chi connectivity index (χ3n) is 5.06. The SMILES string of the molecule is Cc1ccc(NC(=O)c2cncc(N3CCN(c4ccccc4)CC3)c2)cc1. The third-order valence-corrected chi connectivity index (χ3v) is 5.06. The lowest BCUT2D eigenvalue weighted by Crippen LogP contribution is -2.46. The second-order valence-electron chi connectivity index (χ2n) is 7.06. The molecule has 4 rings (SSSR count). The maximum atomic E-state index is 12.6. The Bertz CT molecular complexity index is 932. The number of nitrogens with one attached hydrogen (secondary N) is 1. The van der Waals surface area contributed by atoms with Crippen LogP contribution in [-0.2, 0) is 0 Å². The molecule has 0 aliphatic carbocycles. The van der Waals surface area contributed by atoms with Crippen LogP contribution < -0.4 is 15.1 Å². The molecule has 0 saturated carbocycles. The van der Waals surface area contributed by atoms with Gasteiger partial charge in [-0.1, -0.05) is 35.9 Å². The average molecular weight is 372 g/mol. The lowest BCUT2D eigenvalue weighted by molar-refractivity contribution is 0.102. The van der Waals surface area contributed by atoms with Crippen LogP contribution in [0.3, 0.4) is 0 Å². The maximum absolute atomic E-state index is 12.6. The molecule has 3 aromatic rings. The number of hydrogen-bond donors (Lipinski definition) is 1. The molecular weight excluding hydrogens is 348 g/mol. The molecular formula is C23H24N4O. The van der Waals surface area contributed by atoms with Crippen LogP contribution in [0.5, 0.6) is 0 Å². The summed E-state index contributed by atoms with van der Waals surface area (Å²) in [6.45, 7) is 5.73. The minimum atomic E-state index is -0.138. The zero-order valence-corrected chi connectivity index (χ0v) is 16.0. The van der Waals surface area contributed by atoms with E-state index in [1.165, 1.54) is 5.69 Å². The monoisotopic (exact) mass is 372 g/mol. The fourth-order valence-electron chi connectivity index (χ4n) is 3.43. The smallest absolute Gasteiger partial charge is 0.257 e. The molecule has 1 amide bonds. The molecule has 0 atom stereocenters. The molecule has 5 nitrogen and oxygen atoms in total. The largest absolute Gasteiger partial charge is 0.368 e.